The lowest BCUT2D eigenvalue weighted by molar-refractivity contribution is 0.104. The summed E-state index contributed by atoms with van der Waals surface area (Å²) in [5.74, 6) is 0.572. The molecule has 0 aliphatic carbocycles. The van der Waals surface area contributed by atoms with E-state index in [1.807, 2.05) is 6.92 Å². The van der Waals surface area contributed by atoms with Crippen LogP contribution in [-0.2, 0) is 4.74 Å². The monoisotopic (exact) mass is 319 g/mol. The zero-order valence-corrected chi connectivity index (χ0v) is 13.4. The summed E-state index contributed by atoms with van der Waals surface area (Å²) in [6, 6.07) is 2.86. The topological polar surface area (TPSA) is 21.3 Å². The van der Waals surface area contributed by atoms with Crippen LogP contribution in [0.2, 0.25) is 0 Å². The summed E-state index contributed by atoms with van der Waals surface area (Å²) in [5, 5.41) is 5.77. The lowest BCUT2D eigenvalue weighted by Gasteiger charge is -2.26. The van der Waals surface area contributed by atoms with Gasteiger partial charge < -0.3 is 10.1 Å². The highest BCUT2D eigenvalue weighted by molar-refractivity contribution is 9.10. The van der Waals surface area contributed by atoms with E-state index in [9.17, 15) is 0 Å². The minimum atomic E-state index is 0.359. The van der Waals surface area contributed by atoms with Gasteiger partial charge in [0, 0.05) is 28.0 Å². The van der Waals surface area contributed by atoms with Crippen LogP contribution in [-0.4, -0.2) is 19.3 Å². The van der Waals surface area contributed by atoms with Crippen molar-refractivity contribution in [3.8, 4) is 0 Å². The fraction of sp³-hybridized carbons (Fsp3) is 0.692. The van der Waals surface area contributed by atoms with Crippen LogP contribution in [0.15, 0.2) is 15.9 Å². The van der Waals surface area contributed by atoms with Gasteiger partial charge in [-0.25, -0.2) is 0 Å². The Balaban J connectivity index is 2.57. The largest absolute Gasteiger partial charge is 0.380 e. The third-order valence-electron chi connectivity index (χ3n) is 2.81. The number of hydrogen-bond donors (Lipinski definition) is 1. The molecule has 2 nitrogen and oxygen atoms in total. The van der Waals surface area contributed by atoms with Crippen LogP contribution in [0.1, 0.15) is 38.6 Å². The standard InChI is InChI=1S/C13H22BrNOS/c1-5-16-8-12(9(2)3)15-10(4)13-11(14)6-7-17-13/h6-7,9-10,12,15H,5,8H2,1-4H3. The van der Waals surface area contributed by atoms with Gasteiger partial charge in [-0.05, 0) is 47.1 Å². The maximum atomic E-state index is 5.53. The average Bonchev–Trinajstić information content (AvgIpc) is 2.70. The molecular weight excluding hydrogens is 298 g/mol. The van der Waals surface area contributed by atoms with E-state index >= 15 is 0 Å². The first kappa shape index (κ1) is 15.2. The number of nitrogens with one attached hydrogen (secondary N) is 1. The van der Waals surface area contributed by atoms with Gasteiger partial charge in [-0.2, -0.15) is 0 Å². The van der Waals surface area contributed by atoms with Crippen LogP contribution < -0.4 is 5.32 Å². The molecule has 1 aromatic heterocycles. The second-order valence-corrected chi connectivity index (χ2v) is 6.33. The summed E-state index contributed by atoms with van der Waals surface area (Å²) < 4.78 is 6.73. The minimum Gasteiger partial charge on any atom is -0.380 e. The first-order chi connectivity index (χ1) is 8.06. The van der Waals surface area contributed by atoms with Gasteiger partial charge in [0.25, 0.3) is 0 Å². The Morgan fingerprint density at radius 2 is 2.12 bits per heavy atom. The zero-order valence-electron chi connectivity index (χ0n) is 11.0. The molecule has 17 heavy (non-hydrogen) atoms. The highest BCUT2D eigenvalue weighted by Crippen LogP contribution is 2.29. The Morgan fingerprint density at radius 3 is 2.59 bits per heavy atom. The van der Waals surface area contributed by atoms with Crippen molar-refractivity contribution in [2.45, 2.75) is 39.8 Å². The van der Waals surface area contributed by atoms with Gasteiger partial charge in [-0.3, -0.25) is 0 Å². The predicted molar refractivity (Wildman–Crippen MR) is 78.7 cm³/mol. The van der Waals surface area contributed by atoms with Crippen LogP contribution in [0.3, 0.4) is 0 Å². The third-order valence-corrected chi connectivity index (χ3v) is 4.86. The van der Waals surface area contributed by atoms with E-state index in [2.05, 4.69) is 53.5 Å². The average molecular weight is 320 g/mol. The summed E-state index contributed by atoms with van der Waals surface area (Å²) in [4.78, 5) is 1.35. The van der Waals surface area contributed by atoms with Crippen LogP contribution in [0.5, 0.6) is 0 Å². The molecular formula is C13H22BrNOS. The molecule has 0 aliphatic rings. The highest BCUT2D eigenvalue weighted by Gasteiger charge is 2.18. The van der Waals surface area contributed by atoms with Crippen molar-refractivity contribution < 1.29 is 4.74 Å². The maximum Gasteiger partial charge on any atom is 0.0622 e. The molecule has 0 aliphatic heterocycles. The molecule has 1 heterocycles. The van der Waals surface area contributed by atoms with Crippen molar-refractivity contribution in [3.05, 3.63) is 20.8 Å². The summed E-state index contributed by atoms with van der Waals surface area (Å²) >= 11 is 5.37. The Bertz CT molecular complexity index is 327. The van der Waals surface area contributed by atoms with Crippen molar-refractivity contribution in [1.82, 2.24) is 5.32 Å². The third kappa shape index (κ3) is 4.70. The second kappa shape index (κ2) is 7.52. The molecule has 1 N–H and O–H groups in total. The van der Waals surface area contributed by atoms with Gasteiger partial charge in [0.05, 0.1) is 6.61 Å². The molecule has 2 atom stereocenters. The number of hydrogen-bond acceptors (Lipinski definition) is 3. The molecule has 0 fully saturated rings. The fourth-order valence-corrected chi connectivity index (χ4v) is 3.42. The Kier molecular flexibility index (Phi) is 6.70. The van der Waals surface area contributed by atoms with Gasteiger partial charge in [0.15, 0.2) is 0 Å². The molecule has 0 radical (unpaired) electrons. The van der Waals surface area contributed by atoms with Crippen LogP contribution >= 0.6 is 27.3 Å². The zero-order chi connectivity index (χ0) is 12.8. The normalized spacial score (nSPS) is 15.2. The Labute approximate surface area is 117 Å². The summed E-state index contributed by atoms with van der Waals surface area (Å²) in [6.07, 6.45) is 0. The lowest BCUT2D eigenvalue weighted by atomic mass is 10.0. The minimum absolute atomic E-state index is 0.359. The number of ether oxygens (including phenoxy) is 1. The maximum absolute atomic E-state index is 5.53. The van der Waals surface area contributed by atoms with E-state index in [0.717, 1.165) is 13.2 Å². The van der Waals surface area contributed by atoms with Gasteiger partial charge in [0.1, 0.15) is 0 Å². The smallest absolute Gasteiger partial charge is 0.0622 e. The van der Waals surface area contributed by atoms with E-state index in [4.69, 9.17) is 4.74 Å². The van der Waals surface area contributed by atoms with Gasteiger partial charge >= 0.3 is 0 Å². The van der Waals surface area contributed by atoms with E-state index < -0.39 is 0 Å². The lowest BCUT2D eigenvalue weighted by Crippen LogP contribution is -2.39. The summed E-state index contributed by atoms with van der Waals surface area (Å²) in [6.45, 7) is 10.3. The SMILES string of the molecule is CCOCC(NC(C)c1sccc1Br)C(C)C. The highest BCUT2D eigenvalue weighted by atomic mass is 79.9. The molecule has 0 spiro atoms. The Morgan fingerprint density at radius 1 is 1.41 bits per heavy atom. The van der Waals surface area contributed by atoms with Gasteiger partial charge in [-0.1, -0.05) is 13.8 Å². The molecule has 1 aromatic rings. The Hall–Kier alpha value is 0.100. The molecule has 98 valence electrons. The molecule has 1 rings (SSSR count). The summed E-state index contributed by atoms with van der Waals surface area (Å²) in [7, 11) is 0. The number of halogens is 1. The van der Waals surface area contributed by atoms with E-state index in [-0.39, 0.29) is 0 Å². The molecule has 0 saturated carbocycles. The molecule has 0 aromatic carbocycles. The van der Waals surface area contributed by atoms with Crippen molar-refractivity contribution in [2.75, 3.05) is 13.2 Å². The van der Waals surface area contributed by atoms with E-state index in [1.54, 1.807) is 11.3 Å². The second-order valence-electron chi connectivity index (χ2n) is 4.53. The summed E-state index contributed by atoms with van der Waals surface area (Å²) in [5.41, 5.74) is 0. The van der Waals surface area contributed by atoms with Crippen LogP contribution in [0.4, 0.5) is 0 Å². The van der Waals surface area contributed by atoms with Crippen LogP contribution in [0.25, 0.3) is 0 Å². The van der Waals surface area contributed by atoms with Crippen molar-refractivity contribution >= 4 is 27.3 Å². The van der Waals surface area contributed by atoms with Crippen LogP contribution in [0, 0.1) is 5.92 Å². The van der Waals surface area contributed by atoms with Crippen molar-refractivity contribution in [1.29, 1.82) is 0 Å². The van der Waals surface area contributed by atoms with Crippen molar-refractivity contribution in [2.24, 2.45) is 5.92 Å². The van der Waals surface area contributed by atoms with Gasteiger partial charge in [0.2, 0.25) is 0 Å². The van der Waals surface area contributed by atoms with E-state index in [0.29, 0.717) is 18.0 Å². The fourth-order valence-electron chi connectivity index (χ4n) is 1.69. The van der Waals surface area contributed by atoms with Gasteiger partial charge in [-0.15, -0.1) is 11.3 Å². The molecule has 2 unspecified atom stereocenters. The molecule has 0 amide bonds. The predicted octanol–water partition coefficient (Wildman–Crippen LogP) is 4.22. The first-order valence-electron chi connectivity index (χ1n) is 6.12. The molecule has 4 heteroatoms. The number of rotatable bonds is 7. The van der Waals surface area contributed by atoms with E-state index in [1.165, 1.54) is 9.35 Å². The molecule has 0 bridgehead atoms. The first-order valence-corrected chi connectivity index (χ1v) is 7.80. The van der Waals surface area contributed by atoms with Crippen molar-refractivity contribution in [3.63, 3.8) is 0 Å². The quantitative estimate of drug-likeness (QED) is 0.812. The number of thiophene rings is 1. The molecule has 0 saturated heterocycles.